The molecule has 1 rings (SSSR count). The lowest BCUT2D eigenvalue weighted by atomic mass is 10.0. The Morgan fingerprint density at radius 3 is 2.65 bits per heavy atom. The number of nitrogens with one attached hydrogen (secondary N) is 1. The van der Waals surface area contributed by atoms with Gasteiger partial charge in [-0.2, -0.15) is 0 Å². The van der Waals surface area contributed by atoms with E-state index in [1.165, 1.54) is 0 Å². The lowest BCUT2D eigenvalue weighted by molar-refractivity contribution is -0.118. The van der Waals surface area contributed by atoms with Crippen LogP contribution in [0.2, 0.25) is 0 Å². The van der Waals surface area contributed by atoms with Crippen LogP contribution in [0.1, 0.15) is 13.8 Å². The number of carbonyl (C=O) groups is 1. The Hall–Kier alpha value is -1.07. The molecule has 1 amide bonds. The first-order valence-corrected chi connectivity index (χ1v) is 6.15. The Morgan fingerprint density at radius 1 is 1.47 bits per heavy atom. The van der Waals surface area contributed by atoms with Crippen molar-refractivity contribution >= 4 is 27.5 Å². The molecule has 0 heterocycles. The van der Waals surface area contributed by atoms with Gasteiger partial charge in [0.05, 0.1) is 18.8 Å². The minimum absolute atomic E-state index is 0.0967. The molecule has 1 atom stereocenters. The summed E-state index contributed by atoms with van der Waals surface area (Å²) in [6, 6.07) is 4.85. The standard InChI is InChI=1S/C12H17BrN2O2/c1-7(2)11(14)12(16)15-10-6-8(17-3)4-5-9(10)13/h4-7,11H,14H2,1-3H3,(H,15,16)/t11-/m0/s1. The van der Waals surface area contributed by atoms with Crippen molar-refractivity contribution in [1.82, 2.24) is 0 Å². The number of anilines is 1. The van der Waals surface area contributed by atoms with Crippen LogP contribution in [0.25, 0.3) is 0 Å². The second-order valence-electron chi connectivity index (χ2n) is 4.10. The lowest BCUT2D eigenvalue weighted by Crippen LogP contribution is -2.39. The zero-order valence-corrected chi connectivity index (χ0v) is 11.7. The number of amides is 1. The molecule has 1 aromatic carbocycles. The normalized spacial score (nSPS) is 12.4. The zero-order chi connectivity index (χ0) is 13.0. The molecule has 5 heteroatoms. The van der Waals surface area contributed by atoms with E-state index in [-0.39, 0.29) is 11.8 Å². The first kappa shape index (κ1) is 14.0. The van der Waals surface area contributed by atoms with Crippen molar-refractivity contribution in [3.63, 3.8) is 0 Å². The first-order chi connectivity index (χ1) is 7.95. The number of hydrogen-bond acceptors (Lipinski definition) is 3. The van der Waals surface area contributed by atoms with Crippen LogP contribution in [0.15, 0.2) is 22.7 Å². The molecule has 0 bridgehead atoms. The highest BCUT2D eigenvalue weighted by atomic mass is 79.9. The predicted molar refractivity (Wildman–Crippen MR) is 72.1 cm³/mol. The third kappa shape index (κ3) is 3.71. The van der Waals surface area contributed by atoms with Gasteiger partial charge in [0.15, 0.2) is 0 Å². The van der Waals surface area contributed by atoms with E-state index in [0.717, 1.165) is 4.47 Å². The van der Waals surface area contributed by atoms with Gasteiger partial charge in [-0.3, -0.25) is 4.79 Å². The predicted octanol–water partition coefficient (Wildman–Crippen LogP) is 2.38. The van der Waals surface area contributed by atoms with Crippen LogP contribution in [0, 0.1) is 5.92 Å². The Morgan fingerprint density at radius 2 is 2.12 bits per heavy atom. The van der Waals surface area contributed by atoms with Gasteiger partial charge in [0.25, 0.3) is 0 Å². The summed E-state index contributed by atoms with van der Waals surface area (Å²) in [6.45, 7) is 3.82. The van der Waals surface area contributed by atoms with Gasteiger partial charge in [-0.15, -0.1) is 0 Å². The van der Waals surface area contributed by atoms with Crippen molar-refractivity contribution in [3.05, 3.63) is 22.7 Å². The Labute approximate surface area is 110 Å². The number of benzene rings is 1. The Bertz CT molecular complexity index is 407. The minimum Gasteiger partial charge on any atom is -0.497 e. The van der Waals surface area contributed by atoms with E-state index in [1.54, 1.807) is 13.2 Å². The average molecular weight is 301 g/mol. The summed E-state index contributed by atoms with van der Waals surface area (Å²) < 4.78 is 5.89. The van der Waals surface area contributed by atoms with E-state index in [2.05, 4.69) is 21.2 Å². The van der Waals surface area contributed by atoms with Gasteiger partial charge < -0.3 is 15.8 Å². The van der Waals surface area contributed by atoms with Crippen molar-refractivity contribution in [3.8, 4) is 5.75 Å². The number of nitrogens with two attached hydrogens (primary N) is 1. The van der Waals surface area contributed by atoms with E-state index in [9.17, 15) is 4.79 Å². The summed E-state index contributed by atoms with van der Waals surface area (Å²) in [5.74, 6) is 0.579. The largest absolute Gasteiger partial charge is 0.497 e. The second-order valence-corrected chi connectivity index (χ2v) is 4.96. The molecule has 0 fully saturated rings. The number of ether oxygens (including phenoxy) is 1. The highest BCUT2D eigenvalue weighted by molar-refractivity contribution is 9.10. The molecule has 1 aromatic rings. The molecule has 0 aliphatic rings. The van der Waals surface area contributed by atoms with Gasteiger partial charge in [0, 0.05) is 10.5 Å². The molecule has 0 aliphatic heterocycles. The number of carbonyl (C=O) groups excluding carboxylic acids is 1. The van der Waals surface area contributed by atoms with Crippen LogP contribution in [-0.4, -0.2) is 19.1 Å². The van der Waals surface area contributed by atoms with Gasteiger partial charge in [0.2, 0.25) is 5.91 Å². The topological polar surface area (TPSA) is 64.3 Å². The van der Waals surface area contributed by atoms with Gasteiger partial charge in [-0.1, -0.05) is 13.8 Å². The third-order valence-corrected chi connectivity index (χ3v) is 3.14. The molecule has 0 spiro atoms. The molecule has 0 unspecified atom stereocenters. The fraction of sp³-hybridized carbons (Fsp3) is 0.417. The zero-order valence-electron chi connectivity index (χ0n) is 10.2. The van der Waals surface area contributed by atoms with Gasteiger partial charge in [-0.25, -0.2) is 0 Å². The molecule has 0 radical (unpaired) electrons. The van der Waals surface area contributed by atoms with Gasteiger partial charge in [0.1, 0.15) is 5.75 Å². The maximum Gasteiger partial charge on any atom is 0.241 e. The van der Waals surface area contributed by atoms with Crippen molar-refractivity contribution < 1.29 is 9.53 Å². The van der Waals surface area contributed by atoms with Gasteiger partial charge in [-0.05, 0) is 34.0 Å². The number of rotatable bonds is 4. The molecule has 17 heavy (non-hydrogen) atoms. The fourth-order valence-electron chi connectivity index (χ4n) is 1.25. The molecule has 4 nitrogen and oxygen atoms in total. The van der Waals surface area contributed by atoms with Crippen LogP contribution < -0.4 is 15.8 Å². The van der Waals surface area contributed by atoms with Crippen LogP contribution in [0.3, 0.4) is 0 Å². The summed E-state index contributed by atoms with van der Waals surface area (Å²) in [5, 5.41) is 2.78. The first-order valence-electron chi connectivity index (χ1n) is 5.35. The van der Waals surface area contributed by atoms with Crippen LogP contribution >= 0.6 is 15.9 Å². The molecule has 0 saturated carbocycles. The molecule has 0 aromatic heterocycles. The van der Waals surface area contributed by atoms with E-state index >= 15 is 0 Å². The van der Waals surface area contributed by atoms with E-state index < -0.39 is 6.04 Å². The molecule has 0 aliphatic carbocycles. The molecule has 94 valence electrons. The number of hydrogen-bond donors (Lipinski definition) is 2. The van der Waals surface area contributed by atoms with E-state index in [0.29, 0.717) is 11.4 Å². The maximum atomic E-state index is 11.8. The fourth-order valence-corrected chi connectivity index (χ4v) is 1.59. The van der Waals surface area contributed by atoms with Crippen molar-refractivity contribution in [1.29, 1.82) is 0 Å². The molecule has 0 saturated heterocycles. The van der Waals surface area contributed by atoms with Crippen LogP contribution in [0.5, 0.6) is 5.75 Å². The van der Waals surface area contributed by atoms with Crippen molar-refractivity contribution in [2.45, 2.75) is 19.9 Å². The average Bonchev–Trinajstić information content (AvgIpc) is 2.30. The summed E-state index contributed by atoms with van der Waals surface area (Å²) in [6.07, 6.45) is 0. The Balaban J connectivity index is 2.84. The highest BCUT2D eigenvalue weighted by Crippen LogP contribution is 2.27. The van der Waals surface area contributed by atoms with Crippen molar-refractivity contribution in [2.24, 2.45) is 11.7 Å². The lowest BCUT2D eigenvalue weighted by Gasteiger charge is -2.16. The van der Waals surface area contributed by atoms with Gasteiger partial charge >= 0.3 is 0 Å². The second kappa shape index (κ2) is 6.02. The maximum absolute atomic E-state index is 11.8. The van der Waals surface area contributed by atoms with Crippen molar-refractivity contribution in [2.75, 3.05) is 12.4 Å². The van der Waals surface area contributed by atoms with Crippen LogP contribution in [-0.2, 0) is 4.79 Å². The summed E-state index contributed by atoms with van der Waals surface area (Å²) in [4.78, 5) is 11.8. The van der Waals surface area contributed by atoms with Crippen LogP contribution in [0.4, 0.5) is 5.69 Å². The quantitative estimate of drug-likeness (QED) is 0.897. The third-order valence-electron chi connectivity index (χ3n) is 2.45. The molecule has 3 N–H and O–H groups in total. The summed E-state index contributed by atoms with van der Waals surface area (Å²) in [5.41, 5.74) is 6.43. The van der Waals surface area contributed by atoms with E-state index in [1.807, 2.05) is 26.0 Å². The molecular weight excluding hydrogens is 284 g/mol. The Kier molecular flexibility index (Phi) is 4.96. The number of halogens is 1. The minimum atomic E-state index is -0.520. The van der Waals surface area contributed by atoms with E-state index in [4.69, 9.17) is 10.5 Å². The SMILES string of the molecule is COc1ccc(Br)c(NC(=O)[C@@H](N)C(C)C)c1. The number of methoxy groups -OCH3 is 1. The summed E-state index contributed by atoms with van der Waals surface area (Å²) in [7, 11) is 1.58. The highest BCUT2D eigenvalue weighted by Gasteiger charge is 2.18. The summed E-state index contributed by atoms with van der Waals surface area (Å²) >= 11 is 3.36. The molecular formula is C12H17BrN2O2. The smallest absolute Gasteiger partial charge is 0.241 e. The monoisotopic (exact) mass is 300 g/mol.